The minimum atomic E-state index is -0.941. The lowest BCUT2D eigenvalue weighted by Gasteiger charge is -1.98. The number of aromatic carboxylic acids is 2. The Labute approximate surface area is 184 Å². The average molecular weight is 524 g/mol. The topological polar surface area (TPSA) is 110 Å². The zero-order valence-corrected chi connectivity index (χ0v) is 18.5. The van der Waals surface area contributed by atoms with E-state index in [2.05, 4.69) is 0 Å². The monoisotopic (exact) mass is 524 g/mol. The zero-order chi connectivity index (χ0) is 22.4. The predicted molar refractivity (Wildman–Crippen MR) is 120 cm³/mol. The van der Waals surface area contributed by atoms with Crippen molar-refractivity contribution in [3.63, 3.8) is 0 Å². The van der Waals surface area contributed by atoms with Crippen LogP contribution in [0.5, 0.6) is 11.5 Å². The van der Waals surface area contributed by atoms with Crippen LogP contribution in [0.15, 0.2) is 78.9 Å². The lowest BCUT2D eigenvalue weighted by atomic mass is 10.2. The Bertz CT molecular complexity index is 866. The van der Waals surface area contributed by atoms with Crippen LogP contribution in [0.25, 0.3) is 0 Å². The van der Waals surface area contributed by atoms with E-state index in [1.165, 1.54) is 38.5 Å². The highest BCUT2D eigenvalue weighted by molar-refractivity contribution is 14.1. The van der Waals surface area contributed by atoms with Gasteiger partial charge in [-0.15, -0.1) is 0 Å². The van der Waals surface area contributed by atoms with Crippen molar-refractivity contribution in [2.45, 2.75) is 0 Å². The normalized spacial score (nSPS) is 9.13. The molecule has 7 nitrogen and oxygen atoms in total. The molecule has 0 aliphatic heterocycles. The van der Waals surface area contributed by atoms with Gasteiger partial charge in [0.1, 0.15) is 11.5 Å². The molecular formula is C22H21IO7. The van der Waals surface area contributed by atoms with Gasteiger partial charge in [-0.3, -0.25) is 3.07 Å². The third-order valence-corrected chi connectivity index (χ3v) is 4.72. The van der Waals surface area contributed by atoms with Gasteiger partial charge in [0.15, 0.2) is 21.2 Å². The van der Waals surface area contributed by atoms with Crippen molar-refractivity contribution in [3.8, 4) is 11.5 Å². The number of carboxylic acids is 2. The number of hydrogen-bond donors (Lipinski definition) is 2. The lowest BCUT2D eigenvalue weighted by Crippen LogP contribution is -1.95. The van der Waals surface area contributed by atoms with Crippen LogP contribution in [0.2, 0.25) is 0 Å². The predicted octanol–water partition coefficient (Wildman–Crippen LogP) is 4.96. The van der Waals surface area contributed by atoms with Gasteiger partial charge in [0.25, 0.3) is 0 Å². The number of hydrogen-bond acceptors (Lipinski definition) is 5. The van der Waals surface area contributed by atoms with Crippen LogP contribution in [-0.2, 0) is 3.07 Å². The molecule has 158 valence electrons. The third-order valence-electron chi connectivity index (χ3n) is 3.50. The molecule has 3 rings (SSSR count). The van der Waals surface area contributed by atoms with E-state index in [0.29, 0.717) is 11.5 Å². The van der Waals surface area contributed by atoms with E-state index in [1.54, 1.807) is 24.3 Å². The molecule has 30 heavy (non-hydrogen) atoms. The van der Waals surface area contributed by atoms with Gasteiger partial charge in [-0.25, -0.2) is 9.59 Å². The molecule has 3 aromatic rings. The maximum atomic E-state index is 10.4. The molecule has 0 aliphatic carbocycles. The van der Waals surface area contributed by atoms with Gasteiger partial charge in [-0.05, 0) is 60.7 Å². The van der Waals surface area contributed by atoms with Crippen molar-refractivity contribution in [2.24, 2.45) is 0 Å². The summed E-state index contributed by atoms with van der Waals surface area (Å²) in [6, 6.07) is 21.9. The smallest absolute Gasteiger partial charge is 0.335 e. The first-order chi connectivity index (χ1) is 14.4. The quantitative estimate of drug-likeness (QED) is 0.454. The molecule has 0 heterocycles. The molecule has 0 atom stereocenters. The summed E-state index contributed by atoms with van der Waals surface area (Å²) in [5.74, 6) is -0.523. The van der Waals surface area contributed by atoms with Crippen molar-refractivity contribution < 1.29 is 32.3 Å². The second-order valence-electron chi connectivity index (χ2n) is 5.44. The van der Waals surface area contributed by atoms with Gasteiger partial charge < -0.3 is 19.7 Å². The average Bonchev–Trinajstić information content (AvgIpc) is 2.80. The van der Waals surface area contributed by atoms with E-state index < -0.39 is 33.1 Å². The number of methoxy groups -OCH3 is 2. The second-order valence-corrected chi connectivity index (χ2v) is 7.13. The van der Waals surface area contributed by atoms with E-state index in [4.69, 9.17) is 19.7 Å². The first-order valence-electron chi connectivity index (χ1n) is 8.48. The molecule has 0 bridgehead atoms. The fourth-order valence-corrected chi connectivity index (χ4v) is 2.64. The largest absolute Gasteiger partial charge is 0.497 e. The van der Waals surface area contributed by atoms with E-state index in [1.807, 2.05) is 30.3 Å². The van der Waals surface area contributed by atoms with Crippen LogP contribution in [0.1, 0.15) is 20.7 Å². The number of halogens is 1. The molecule has 8 heteroatoms. The molecule has 0 radical (unpaired) electrons. The van der Waals surface area contributed by atoms with Gasteiger partial charge in [-0.1, -0.05) is 18.2 Å². The molecule has 0 amide bonds. The molecule has 3 aromatic carbocycles. The molecule has 0 spiro atoms. The highest BCUT2D eigenvalue weighted by Crippen LogP contribution is 2.11. The van der Waals surface area contributed by atoms with Gasteiger partial charge >= 0.3 is 11.9 Å². The lowest BCUT2D eigenvalue weighted by molar-refractivity contribution is 0.0686. The molecule has 2 N–H and O–H groups in total. The molecule has 0 saturated heterocycles. The van der Waals surface area contributed by atoms with Gasteiger partial charge in [0, 0.05) is 3.57 Å². The molecule has 0 aliphatic rings. The maximum absolute atomic E-state index is 10.4. The number of benzene rings is 3. The minimum Gasteiger partial charge on any atom is -0.497 e. The molecule has 0 saturated carbocycles. The standard InChI is InChI=1S/2C8H8O3.C6H5IO/c2*1-11-7-4-2-6(3-5-7)8(9)10;8-7-6-4-2-1-3-5-6/h2*2-5H,1H3,(H,9,10);1-5H. The Morgan fingerprint density at radius 2 is 1.03 bits per heavy atom. The first kappa shape index (κ1) is 24.8. The fraction of sp³-hybridized carbons (Fsp3) is 0.0909. The van der Waals surface area contributed by atoms with Crippen LogP contribution < -0.4 is 9.47 Å². The molecular weight excluding hydrogens is 503 g/mol. The summed E-state index contributed by atoms with van der Waals surface area (Å²) in [4.78, 5) is 20.7. The summed E-state index contributed by atoms with van der Waals surface area (Å²) in [6.07, 6.45) is 0. The van der Waals surface area contributed by atoms with Crippen LogP contribution in [0, 0.1) is 3.57 Å². The Morgan fingerprint density at radius 1 is 0.667 bits per heavy atom. The van der Waals surface area contributed by atoms with Crippen LogP contribution in [0.3, 0.4) is 0 Å². The molecule has 0 unspecified atom stereocenters. The Hall–Kier alpha value is -3.27. The van der Waals surface area contributed by atoms with E-state index >= 15 is 0 Å². The summed E-state index contributed by atoms with van der Waals surface area (Å²) in [7, 11) is 3.07. The number of rotatable bonds is 5. The zero-order valence-electron chi connectivity index (χ0n) is 16.3. The summed E-state index contributed by atoms with van der Waals surface area (Å²) >= 11 is -0.941. The minimum absolute atomic E-state index is 0.269. The van der Waals surface area contributed by atoms with Crippen molar-refractivity contribution >= 4 is 33.1 Å². The third kappa shape index (κ3) is 9.28. The van der Waals surface area contributed by atoms with E-state index in [0.717, 1.165) is 3.57 Å². The van der Waals surface area contributed by atoms with E-state index in [-0.39, 0.29) is 11.1 Å². The summed E-state index contributed by atoms with van der Waals surface area (Å²) in [6.45, 7) is 0. The van der Waals surface area contributed by atoms with Gasteiger partial charge in [0.05, 0.1) is 25.3 Å². The summed E-state index contributed by atoms with van der Waals surface area (Å²) < 4.78 is 20.9. The van der Waals surface area contributed by atoms with Crippen molar-refractivity contribution in [3.05, 3.63) is 93.6 Å². The van der Waals surface area contributed by atoms with Gasteiger partial charge in [-0.2, -0.15) is 0 Å². The molecule has 0 aromatic heterocycles. The summed E-state index contributed by atoms with van der Waals surface area (Å²) in [5, 5.41) is 17.0. The number of carbonyl (C=O) groups is 2. The fourth-order valence-electron chi connectivity index (χ4n) is 1.93. The van der Waals surface area contributed by atoms with Crippen molar-refractivity contribution in [1.29, 1.82) is 0 Å². The van der Waals surface area contributed by atoms with Gasteiger partial charge in [0.2, 0.25) is 0 Å². The van der Waals surface area contributed by atoms with Crippen LogP contribution in [0.4, 0.5) is 0 Å². The van der Waals surface area contributed by atoms with E-state index in [9.17, 15) is 12.7 Å². The summed E-state index contributed by atoms with van der Waals surface area (Å²) in [5.41, 5.74) is 0.539. The Morgan fingerprint density at radius 3 is 1.27 bits per heavy atom. The van der Waals surface area contributed by atoms with Crippen LogP contribution in [-0.4, -0.2) is 36.4 Å². The SMILES string of the molecule is COc1ccc(C(=O)O)cc1.COc1ccc(C(=O)O)cc1.O=Ic1ccccc1. The maximum Gasteiger partial charge on any atom is 0.335 e. The first-order valence-corrected chi connectivity index (χ1v) is 10.4. The molecule has 0 fully saturated rings. The highest BCUT2D eigenvalue weighted by atomic mass is 127. The second kappa shape index (κ2) is 13.8. The van der Waals surface area contributed by atoms with Crippen molar-refractivity contribution in [1.82, 2.24) is 0 Å². The van der Waals surface area contributed by atoms with Crippen molar-refractivity contribution in [2.75, 3.05) is 14.2 Å². The number of carboxylic acid groups (broad SMARTS) is 2. The highest BCUT2D eigenvalue weighted by Gasteiger charge is 2.01. The Kier molecular flexibility index (Phi) is 11.4. The Balaban J connectivity index is 0.000000228. The number of ether oxygens (including phenoxy) is 2. The van der Waals surface area contributed by atoms with Crippen LogP contribution >= 0.6 is 21.2 Å².